The third-order valence-corrected chi connectivity index (χ3v) is 14.8. The molecule has 8 N–H and O–H groups in total. The number of methoxy groups -OCH3 is 2. The second kappa shape index (κ2) is 20.2. The predicted molar refractivity (Wildman–Crippen MR) is 193 cm³/mol. The molecule has 11 nitrogen and oxygen atoms in total. The van der Waals surface area contributed by atoms with Gasteiger partial charge in [-0.05, 0) is 113 Å². The Morgan fingerprint density at radius 3 is 0.647 bits per heavy atom. The predicted octanol–water partition coefficient (Wildman–Crippen LogP) is -2.17. The molecule has 10 atom stereocenters. The summed E-state index contributed by atoms with van der Waals surface area (Å²) < 4.78 is 14.7. The molecule has 13 heteroatoms. The van der Waals surface area contributed by atoms with Crippen LogP contribution in [0, 0.1) is 47.3 Å². The summed E-state index contributed by atoms with van der Waals surface area (Å²) in [4.78, 5) is 0. The fraction of sp³-hybridized carbons (Fsp3) is 1.00. The Bertz CT molecular complexity index is 882. The molecule has 5 heterocycles. The standard InChI is InChI=1S/C32H56N8.C6H14O3.2K.2H/c1-2-10-18-17(9-1)25-33-26(18)38-28-21-13-5-6-14-22(21)30(35-28)40-32-24-16-8-7-15-23(24)31(36-32)39-29-20-12-4-3-11-19(20)27(34-29)37-25;1-5(7-3)9-6(2)8-4;;;;/h17-40H,1-16H2;5-6H,1-4H3;;;;/q;;2*+1;2*-1. The van der Waals surface area contributed by atoms with E-state index in [0.29, 0.717) is 49.3 Å². The van der Waals surface area contributed by atoms with Crippen molar-refractivity contribution in [3.63, 3.8) is 0 Å². The maximum absolute atomic E-state index is 5.10. The van der Waals surface area contributed by atoms with Crippen LogP contribution in [0.4, 0.5) is 0 Å². The van der Waals surface area contributed by atoms with E-state index in [1.165, 1.54) is 103 Å². The zero-order valence-electron chi connectivity index (χ0n) is 34.9. The monoisotopic (exact) mass is 767 g/mol. The Morgan fingerprint density at radius 1 is 0.353 bits per heavy atom. The molecule has 284 valence electrons. The van der Waals surface area contributed by atoms with Crippen LogP contribution in [-0.4, -0.2) is 76.1 Å². The molecule has 0 amide bonds. The fourth-order valence-corrected chi connectivity index (χ4v) is 12.4. The molecule has 0 spiro atoms. The van der Waals surface area contributed by atoms with E-state index in [1.807, 2.05) is 13.8 Å². The molecule has 9 rings (SSSR count). The van der Waals surface area contributed by atoms with Crippen molar-refractivity contribution in [2.75, 3.05) is 14.2 Å². The van der Waals surface area contributed by atoms with Gasteiger partial charge in [0.15, 0.2) is 12.6 Å². The van der Waals surface area contributed by atoms with Crippen molar-refractivity contribution in [3.05, 3.63) is 0 Å². The zero-order valence-corrected chi connectivity index (χ0v) is 39.2. The van der Waals surface area contributed by atoms with Crippen molar-refractivity contribution in [1.82, 2.24) is 42.5 Å². The van der Waals surface area contributed by atoms with Crippen LogP contribution in [0.5, 0.6) is 0 Å². The summed E-state index contributed by atoms with van der Waals surface area (Å²) in [6.45, 7) is 3.63. The fourth-order valence-electron chi connectivity index (χ4n) is 12.4. The van der Waals surface area contributed by atoms with Gasteiger partial charge in [0.05, 0.1) is 49.3 Å². The van der Waals surface area contributed by atoms with E-state index in [0.717, 1.165) is 47.3 Å². The molecule has 51 heavy (non-hydrogen) atoms. The van der Waals surface area contributed by atoms with Crippen molar-refractivity contribution < 1.29 is 120 Å². The van der Waals surface area contributed by atoms with Crippen LogP contribution >= 0.6 is 0 Å². The molecule has 0 aromatic heterocycles. The van der Waals surface area contributed by atoms with E-state index in [4.69, 9.17) is 14.2 Å². The van der Waals surface area contributed by atoms with E-state index in [2.05, 4.69) is 42.5 Å². The minimum atomic E-state index is -0.194. The summed E-state index contributed by atoms with van der Waals surface area (Å²) in [7, 11) is 3.18. The van der Waals surface area contributed by atoms with Gasteiger partial charge < -0.3 is 17.1 Å². The number of hydrogen-bond donors (Lipinski definition) is 8. The van der Waals surface area contributed by atoms with Crippen LogP contribution in [0.15, 0.2) is 0 Å². The number of ether oxygens (including phenoxy) is 3. The summed E-state index contributed by atoms with van der Waals surface area (Å²) in [5.41, 5.74) is 0. The van der Waals surface area contributed by atoms with E-state index in [9.17, 15) is 0 Å². The van der Waals surface area contributed by atoms with Gasteiger partial charge >= 0.3 is 103 Å². The Morgan fingerprint density at radius 2 is 0.510 bits per heavy atom. The minimum Gasteiger partial charge on any atom is -1.00 e. The van der Waals surface area contributed by atoms with Gasteiger partial charge in [0, 0.05) is 14.2 Å². The molecule has 0 radical (unpaired) electrons. The van der Waals surface area contributed by atoms with Crippen LogP contribution in [0.3, 0.4) is 0 Å². The summed E-state index contributed by atoms with van der Waals surface area (Å²) in [6.07, 6.45) is 25.2. The largest absolute Gasteiger partial charge is 1.00 e. The van der Waals surface area contributed by atoms with Crippen LogP contribution < -0.4 is 145 Å². The SMILES string of the molecule is C1CCC2C3NC(NC4NC(NC5NC(NC6NC(N3)C3CCCCC63)C3CCCCC53)C3CCCCC43)C2C1.COC(C)OC(C)OC.[H-].[H-].[K+].[K+]. The van der Waals surface area contributed by atoms with Crippen molar-refractivity contribution in [2.24, 2.45) is 47.3 Å². The van der Waals surface area contributed by atoms with Gasteiger partial charge in [-0.3, -0.25) is 42.5 Å². The normalized spacial score (nSPS) is 48.2. The maximum Gasteiger partial charge on any atom is 1.00 e. The van der Waals surface area contributed by atoms with Gasteiger partial charge in [-0.2, -0.15) is 0 Å². The Hall–Kier alpha value is 2.83. The molecule has 9 aliphatic rings. The van der Waals surface area contributed by atoms with E-state index >= 15 is 0 Å². The van der Waals surface area contributed by atoms with Crippen molar-refractivity contribution in [2.45, 2.75) is 178 Å². The second-order valence-corrected chi connectivity index (χ2v) is 17.3. The minimum absolute atomic E-state index is 0. The first kappa shape index (κ1) is 43.4. The zero-order chi connectivity index (χ0) is 33.5. The number of hydrogen-bond acceptors (Lipinski definition) is 11. The molecule has 10 unspecified atom stereocenters. The third-order valence-electron chi connectivity index (χ3n) is 14.8. The average Bonchev–Trinajstić information content (AvgIpc) is 3.87. The smallest absolute Gasteiger partial charge is 1.00 e. The van der Waals surface area contributed by atoms with Crippen LogP contribution in [-0.2, 0) is 14.2 Å². The van der Waals surface area contributed by atoms with Gasteiger partial charge in [-0.25, -0.2) is 0 Å². The van der Waals surface area contributed by atoms with Gasteiger partial charge in [0.2, 0.25) is 0 Å². The van der Waals surface area contributed by atoms with E-state index in [1.54, 1.807) is 14.2 Å². The first-order valence-corrected chi connectivity index (χ1v) is 20.8. The second-order valence-electron chi connectivity index (χ2n) is 17.3. The van der Waals surface area contributed by atoms with Crippen LogP contribution in [0.2, 0.25) is 0 Å². The van der Waals surface area contributed by atoms with Gasteiger partial charge in [-0.15, -0.1) is 0 Å². The third kappa shape index (κ3) is 9.67. The molecular formula is C38H72K2N8O3. The summed E-state index contributed by atoms with van der Waals surface area (Å²) in [6, 6.07) is 0. The molecular weight excluding hydrogens is 695 g/mol. The van der Waals surface area contributed by atoms with Gasteiger partial charge in [0.25, 0.3) is 0 Å². The maximum atomic E-state index is 5.10. The summed E-state index contributed by atoms with van der Waals surface area (Å²) in [5.74, 6) is 5.97. The van der Waals surface area contributed by atoms with Gasteiger partial charge in [-0.1, -0.05) is 51.4 Å². The van der Waals surface area contributed by atoms with Gasteiger partial charge in [0.1, 0.15) is 0 Å². The molecule has 8 bridgehead atoms. The quantitative estimate of drug-likeness (QED) is 0.118. The first-order chi connectivity index (χ1) is 24.0. The van der Waals surface area contributed by atoms with Crippen LogP contribution in [0.25, 0.3) is 0 Å². The molecule has 0 aromatic carbocycles. The number of rotatable bonds is 4. The van der Waals surface area contributed by atoms with E-state index in [-0.39, 0.29) is 118 Å². The molecule has 9 fully saturated rings. The average molecular weight is 767 g/mol. The van der Waals surface area contributed by atoms with Crippen molar-refractivity contribution >= 4 is 0 Å². The topological polar surface area (TPSA) is 124 Å². The van der Waals surface area contributed by atoms with Crippen LogP contribution in [0.1, 0.15) is 119 Å². The number of fused-ring (bicyclic) bond motifs is 20. The molecule has 4 aliphatic carbocycles. The van der Waals surface area contributed by atoms with Crippen molar-refractivity contribution in [1.29, 1.82) is 0 Å². The molecule has 4 saturated carbocycles. The van der Waals surface area contributed by atoms with Crippen molar-refractivity contribution in [3.8, 4) is 0 Å². The summed E-state index contributed by atoms with van der Waals surface area (Å²) >= 11 is 0. The Balaban J connectivity index is 0.000000434. The number of nitrogens with one attached hydrogen (secondary N) is 8. The molecule has 5 saturated heterocycles. The molecule has 5 aliphatic heterocycles. The summed E-state index contributed by atoms with van der Waals surface area (Å²) in [5, 5.41) is 33.8. The Kier molecular flexibility index (Phi) is 17.2. The van der Waals surface area contributed by atoms with E-state index < -0.39 is 0 Å². The molecule has 0 aromatic rings. The first-order valence-electron chi connectivity index (χ1n) is 20.8. The Labute approximate surface area is 397 Å².